The Morgan fingerprint density at radius 2 is 2.04 bits per heavy atom. The van der Waals surface area contributed by atoms with Crippen LogP contribution < -0.4 is 10.1 Å². The topological polar surface area (TPSA) is 78.9 Å². The molecule has 0 aromatic heterocycles. The fourth-order valence-corrected chi connectivity index (χ4v) is 3.10. The van der Waals surface area contributed by atoms with E-state index in [1.54, 1.807) is 24.3 Å². The number of hydrogen-bond acceptors (Lipinski definition) is 5. The molecule has 1 aliphatic rings. The largest absolute Gasteiger partial charge is 0.507 e. The fourth-order valence-electron chi connectivity index (χ4n) is 3.10. The molecule has 132 valence electrons. The third kappa shape index (κ3) is 4.09. The van der Waals surface area contributed by atoms with Crippen molar-refractivity contribution in [3.05, 3.63) is 35.9 Å². The molecule has 2 N–H and O–H groups in total. The predicted octanol–water partition coefficient (Wildman–Crippen LogP) is 1.95. The summed E-state index contributed by atoms with van der Waals surface area (Å²) in [6.45, 7) is 1.88. The third-order valence-corrected chi connectivity index (χ3v) is 4.58. The van der Waals surface area contributed by atoms with Crippen molar-refractivity contribution < 1.29 is 19.4 Å². The van der Waals surface area contributed by atoms with Crippen LogP contribution in [0.3, 0.4) is 0 Å². The zero-order chi connectivity index (χ0) is 17.8. The van der Waals surface area contributed by atoms with E-state index in [4.69, 9.17) is 4.74 Å². The SMILES string of the molecule is CN1CCC(NC(=O)COc2ccc3ccc(O)c(C=O)c3c2)CC1. The normalized spacial score (nSPS) is 15.9. The van der Waals surface area contributed by atoms with Gasteiger partial charge in [0.2, 0.25) is 0 Å². The standard InChI is InChI=1S/C19H22N2O4/c1-21-8-6-14(7-9-21)20-19(24)12-25-15-4-2-13-3-5-18(23)17(11-22)16(13)10-15/h2-5,10-11,14,23H,6-9,12H2,1H3,(H,20,24). The molecule has 3 rings (SSSR count). The van der Waals surface area contributed by atoms with Gasteiger partial charge in [-0.05, 0) is 62.0 Å². The van der Waals surface area contributed by atoms with Gasteiger partial charge in [-0.2, -0.15) is 0 Å². The van der Waals surface area contributed by atoms with Crippen LogP contribution in [0.2, 0.25) is 0 Å². The first kappa shape index (κ1) is 17.2. The number of phenolic OH excluding ortho intramolecular Hbond substituents is 1. The van der Waals surface area contributed by atoms with E-state index in [0.29, 0.717) is 17.4 Å². The lowest BCUT2D eigenvalue weighted by Crippen LogP contribution is -2.44. The Kier molecular flexibility index (Phi) is 5.19. The molecule has 0 aliphatic carbocycles. The maximum atomic E-state index is 12.1. The van der Waals surface area contributed by atoms with Crippen LogP contribution in [-0.2, 0) is 4.79 Å². The number of hydrogen-bond donors (Lipinski definition) is 2. The van der Waals surface area contributed by atoms with E-state index in [-0.39, 0.29) is 29.9 Å². The van der Waals surface area contributed by atoms with Gasteiger partial charge in [0.1, 0.15) is 11.5 Å². The van der Waals surface area contributed by atoms with Gasteiger partial charge >= 0.3 is 0 Å². The molecular formula is C19H22N2O4. The lowest BCUT2D eigenvalue weighted by Gasteiger charge is -2.29. The highest BCUT2D eigenvalue weighted by atomic mass is 16.5. The van der Waals surface area contributed by atoms with Crippen LogP contribution in [0.15, 0.2) is 30.3 Å². The second kappa shape index (κ2) is 7.53. The number of amides is 1. The molecule has 0 spiro atoms. The maximum absolute atomic E-state index is 12.1. The fraction of sp³-hybridized carbons (Fsp3) is 0.368. The summed E-state index contributed by atoms with van der Waals surface area (Å²) in [6, 6.07) is 8.63. The molecule has 1 amide bonds. The smallest absolute Gasteiger partial charge is 0.258 e. The van der Waals surface area contributed by atoms with E-state index in [1.807, 2.05) is 0 Å². The first-order valence-corrected chi connectivity index (χ1v) is 8.38. The van der Waals surface area contributed by atoms with Gasteiger partial charge in [-0.25, -0.2) is 0 Å². The average molecular weight is 342 g/mol. The second-order valence-electron chi connectivity index (χ2n) is 6.43. The molecule has 1 heterocycles. The summed E-state index contributed by atoms with van der Waals surface area (Å²) in [6.07, 6.45) is 2.51. The highest BCUT2D eigenvalue weighted by Crippen LogP contribution is 2.28. The predicted molar refractivity (Wildman–Crippen MR) is 95.2 cm³/mol. The third-order valence-electron chi connectivity index (χ3n) is 4.58. The van der Waals surface area contributed by atoms with Crippen LogP contribution in [0.5, 0.6) is 11.5 Å². The van der Waals surface area contributed by atoms with Crippen molar-refractivity contribution in [2.24, 2.45) is 0 Å². The molecule has 0 radical (unpaired) electrons. The first-order chi connectivity index (χ1) is 12.1. The van der Waals surface area contributed by atoms with E-state index < -0.39 is 0 Å². The Morgan fingerprint density at radius 3 is 2.76 bits per heavy atom. The van der Waals surface area contributed by atoms with E-state index in [0.717, 1.165) is 31.3 Å². The summed E-state index contributed by atoms with van der Waals surface area (Å²) < 4.78 is 5.56. The molecule has 1 fully saturated rings. The van der Waals surface area contributed by atoms with Gasteiger partial charge in [0, 0.05) is 6.04 Å². The van der Waals surface area contributed by atoms with Crippen LogP contribution in [0.4, 0.5) is 0 Å². The first-order valence-electron chi connectivity index (χ1n) is 8.38. The minimum atomic E-state index is -0.152. The van der Waals surface area contributed by atoms with Crippen molar-refractivity contribution in [3.63, 3.8) is 0 Å². The Labute approximate surface area is 146 Å². The number of rotatable bonds is 5. The average Bonchev–Trinajstić information content (AvgIpc) is 2.61. The maximum Gasteiger partial charge on any atom is 0.258 e. The lowest BCUT2D eigenvalue weighted by molar-refractivity contribution is -0.124. The number of nitrogens with zero attached hydrogens (tertiary/aromatic N) is 1. The van der Waals surface area contributed by atoms with E-state index in [2.05, 4.69) is 17.3 Å². The van der Waals surface area contributed by atoms with Gasteiger partial charge in [-0.15, -0.1) is 0 Å². The summed E-state index contributed by atoms with van der Waals surface area (Å²) in [5, 5.41) is 14.2. The molecule has 0 unspecified atom stereocenters. The van der Waals surface area contributed by atoms with E-state index >= 15 is 0 Å². The molecule has 1 saturated heterocycles. The number of aromatic hydroxyl groups is 1. The Morgan fingerprint density at radius 1 is 1.32 bits per heavy atom. The molecule has 0 bridgehead atoms. The number of likely N-dealkylation sites (tertiary alicyclic amines) is 1. The summed E-state index contributed by atoms with van der Waals surface area (Å²) in [7, 11) is 2.08. The Hall–Kier alpha value is -2.60. The number of carbonyl (C=O) groups excluding carboxylic acids is 2. The summed E-state index contributed by atoms with van der Waals surface area (Å²) in [4.78, 5) is 25.5. The lowest BCUT2D eigenvalue weighted by atomic mass is 10.0. The molecule has 1 aliphatic heterocycles. The number of phenols is 1. The van der Waals surface area contributed by atoms with Crippen molar-refractivity contribution in [1.82, 2.24) is 10.2 Å². The van der Waals surface area contributed by atoms with Crippen molar-refractivity contribution in [2.75, 3.05) is 26.7 Å². The monoisotopic (exact) mass is 342 g/mol. The van der Waals surface area contributed by atoms with Crippen LogP contribution in [-0.4, -0.2) is 55.0 Å². The number of ether oxygens (including phenoxy) is 1. The highest BCUT2D eigenvalue weighted by molar-refractivity contribution is 6.01. The van der Waals surface area contributed by atoms with Gasteiger partial charge in [0.15, 0.2) is 12.9 Å². The number of piperidine rings is 1. The highest BCUT2D eigenvalue weighted by Gasteiger charge is 2.18. The molecule has 0 saturated carbocycles. The number of nitrogens with one attached hydrogen (secondary N) is 1. The molecule has 2 aromatic carbocycles. The Balaban J connectivity index is 1.63. The van der Waals surface area contributed by atoms with E-state index in [9.17, 15) is 14.7 Å². The van der Waals surface area contributed by atoms with Gasteiger partial charge in [-0.3, -0.25) is 9.59 Å². The molecule has 6 nitrogen and oxygen atoms in total. The van der Waals surface area contributed by atoms with Crippen LogP contribution >= 0.6 is 0 Å². The van der Waals surface area contributed by atoms with Crippen molar-refractivity contribution >= 4 is 23.0 Å². The van der Waals surface area contributed by atoms with Crippen LogP contribution in [0, 0.1) is 0 Å². The molecule has 6 heteroatoms. The number of fused-ring (bicyclic) bond motifs is 1. The van der Waals surface area contributed by atoms with Gasteiger partial charge in [0.05, 0.1) is 5.56 Å². The second-order valence-corrected chi connectivity index (χ2v) is 6.43. The quantitative estimate of drug-likeness (QED) is 0.812. The minimum Gasteiger partial charge on any atom is -0.507 e. The molecule has 25 heavy (non-hydrogen) atoms. The number of carbonyl (C=O) groups is 2. The number of benzene rings is 2. The van der Waals surface area contributed by atoms with Gasteiger partial charge < -0.3 is 20.1 Å². The van der Waals surface area contributed by atoms with Crippen molar-refractivity contribution in [2.45, 2.75) is 18.9 Å². The number of aldehydes is 1. The molecular weight excluding hydrogens is 320 g/mol. The summed E-state index contributed by atoms with van der Waals surface area (Å²) in [5.74, 6) is 0.264. The van der Waals surface area contributed by atoms with Gasteiger partial charge in [0.25, 0.3) is 5.91 Å². The minimum absolute atomic E-state index is 0.0698. The van der Waals surface area contributed by atoms with Crippen molar-refractivity contribution in [1.29, 1.82) is 0 Å². The zero-order valence-corrected chi connectivity index (χ0v) is 14.2. The van der Waals surface area contributed by atoms with Crippen LogP contribution in [0.1, 0.15) is 23.2 Å². The van der Waals surface area contributed by atoms with Crippen molar-refractivity contribution in [3.8, 4) is 11.5 Å². The van der Waals surface area contributed by atoms with Gasteiger partial charge in [-0.1, -0.05) is 12.1 Å². The van der Waals surface area contributed by atoms with E-state index in [1.165, 1.54) is 6.07 Å². The van der Waals surface area contributed by atoms with Crippen LogP contribution in [0.25, 0.3) is 10.8 Å². The molecule has 2 aromatic rings. The summed E-state index contributed by atoms with van der Waals surface area (Å²) in [5.41, 5.74) is 0.221. The Bertz CT molecular complexity index is 782. The summed E-state index contributed by atoms with van der Waals surface area (Å²) >= 11 is 0. The molecule has 0 atom stereocenters. The zero-order valence-electron chi connectivity index (χ0n) is 14.2.